The van der Waals surface area contributed by atoms with Crippen molar-refractivity contribution in [3.63, 3.8) is 0 Å². The normalized spacial score (nSPS) is 15.4. The predicted octanol–water partition coefficient (Wildman–Crippen LogP) is 4.40. The van der Waals surface area contributed by atoms with Crippen molar-refractivity contribution in [1.82, 2.24) is 5.32 Å². The summed E-state index contributed by atoms with van der Waals surface area (Å²) in [5, 5.41) is 3.17. The maximum absolute atomic E-state index is 13.6. The van der Waals surface area contributed by atoms with Gasteiger partial charge in [0.05, 0.1) is 16.6 Å². The molecule has 178 valence electrons. The number of hydrogen-bond donors (Lipinski definition) is 2. The number of benzene rings is 3. The molecule has 3 N–H and O–H groups in total. The average molecular weight is 500 g/mol. The lowest BCUT2D eigenvalue weighted by atomic mass is 9.98. The maximum Gasteiger partial charge on any atom is 0.407 e. The van der Waals surface area contributed by atoms with Crippen molar-refractivity contribution in [3.05, 3.63) is 88.9 Å². The molecule has 3 aromatic carbocycles. The Hall–Kier alpha value is -3.23. The first-order chi connectivity index (χ1) is 16.3. The van der Waals surface area contributed by atoms with Crippen molar-refractivity contribution in [3.8, 4) is 0 Å². The molecule has 0 radical (unpaired) electrons. The van der Waals surface area contributed by atoms with Crippen molar-refractivity contribution in [2.45, 2.75) is 30.2 Å². The SMILES string of the molecule is Nc1ccc(CCNC(=O)OCC2CCc3ccccc3N2S(=O)(=O)c2ccc(Cl)cc2)cc1. The summed E-state index contributed by atoms with van der Waals surface area (Å²) in [7, 11) is -3.89. The third kappa shape index (κ3) is 5.46. The molecule has 0 aliphatic carbocycles. The van der Waals surface area contributed by atoms with Gasteiger partial charge >= 0.3 is 6.09 Å². The minimum Gasteiger partial charge on any atom is -0.447 e. The van der Waals surface area contributed by atoms with Crippen LogP contribution in [0.15, 0.2) is 77.7 Å². The smallest absolute Gasteiger partial charge is 0.407 e. The van der Waals surface area contributed by atoms with Crippen LogP contribution in [0.5, 0.6) is 0 Å². The first-order valence-electron chi connectivity index (χ1n) is 11.0. The number of amides is 1. The van der Waals surface area contributed by atoms with Gasteiger partial charge in [-0.2, -0.15) is 0 Å². The Morgan fingerprint density at radius 2 is 1.76 bits per heavy atom. The van der Waals surface area contributed by atoms with E-state index in [0.29, 0.717) is 42.2 Å². The van der Waals surface area contributed by atoms with E-state index in [9.17, 15) is 13.2 Å². The second-order valence-corrected chi connectivity index (χ2v) is 10.3. The van der Waals surface area contributed by atoms with E-state index >= 15 is 0 Å². The summed E-state index contributed by atoms with van der Waals surface area (Å²) in [6.45, 7) is 0.331. The van der Waals surface area contributed by atoms with Crippen molar-refractivity contribution >= 4 is 39.1 Å². The van der Waals surface area contributed by atoms with Crippen LogP contribution < -0.4 is 15.4 Å². The fourth-order valence-electron chi connectivity index (χ4n) is 3.99. The topological polar surface area (TPSA) is 102 Å². The Labute approximate surface area is 204 Å². The van der Waals surface area contributed by atoms with Gasteiger partial charge in [0, 0.05) is 17.3 Å². The highest BCUT2D eigenvalue weighted by molar-refractivity contribution is 7.92. The summed E-state index contributed by atoms with van der Waals surface area (Å²) < 4.78 is 34.0. The number of anilines is 2. The van der Waals surface area contributed by atoms with Crippen molar-refractivity contribution in [2.75, 3.05) is 23.2 Å². The summed E-state index contributed by atoms with van der Waals surface area (Å²) >= 11 is 5.95. The number of carbonyl (C=O) groups excluding carboxylic acids is 1. The van der Waals surface area contributed by atoms with E-state index in [1.54, 1.807) is 24.3 Å². The molecule has 1 unspecified atom stereocenters. The van der Waals surface area contributed by atoms with E-state index < -0.39 is 22.2 Å². The first-order valence-corrected chi connectivity index (χ1v) is 12.8. The van der Waals surface area contributed by atoms with E-state index in [1.165, 1.54) is 16.4 Å². The molecular formula is C25H26ClN3O4S. The highest BCUT2D eigenvalue weighted by atomic mass is 35.5. The third-order valence-electron chi connectivity index (χ3n) is 5.75. The quantitative estimate of drug-likeness (QED) is 0.469. The van der Waals surface area contributed by atoms with Gasteiger partial charge in [0.2, 0.25) is 0 Å². The van der Waals surface area contributed by atoms with Gasteiger partial charge in [-0.1, -0.05) is 41.9 Å². The molecule has 0 aromatic heterocycles. The number of nitrogens with zero attached hydrogens (tertiary/aromatic N) is 1. The zero-order valence-electron chi connectivity index (χ0n) is 18.5. The third-order valence-corrected chi connectivity index (χ3v) is 7.88. The van der Waals surface area contributed by atoms with Gasteiger partial charge in [0.1, 0.15) is 6.61 Å². The van der Waals surface area contributed by atoms with Crippen LogP contribution in [0.1, 0.15) is 17.5 Å². The number of ether oxygens (including phenoxy) is 1. The monoisotopic (exact) mass is 499 g/mol. The van der Waals surface area contributed by atoms with Crippen LogP contribution in [0.4, 0.5) is 16.2 Å². The summed E-state index contributed by atoms with van der Waals surface area (Å²) in [6, 6.07) is 20.3. The second kappa shape index (κ2) is 10.4. The molecule has 0 saturated heterocycles. The fourth-order valence-corrected chi connectivity index (χ4v) is 5.82. The predicted molar refractivity (Wildman–Crippen MR) is 134 cm³/mol. The zero-order valence-corrected chi connectivity index (χ0v) is 20.1. The zero-order chi connectivity index (χ0) is 24.1. The van der Waals surface area contributed by atoms with Gasteiger partial charge in [0.15, 0.2) is 0 Å². The fraction of sp³-hybridized carbons (Fsp3) is 0.240. The van der Waals surface area contributed by atoms with Crippen molar-refractivity contribution < 1.29 is 17.9 Å². The number of alkyl carbamates (subject to hydrolysis) is 1. The highest BCUT2D eigenvalue weighted by Crippen LogP contribution is 2.35. The van der Waals surface area contributed by atoms with Crippen LogP contribution in [0, 0.1) is 0 Å². The van der Waals surface area contributed by atoms with Crippen LogP contribution in [-0.4, -0.2) is 33.7 Å². The Morgan fingerprint density at radius 3 is 2.50 bits per heavy atom. The molecule has 1 aliphatic heterocycles. The summed E-state index contributed by atoms with van der Waals surface area (Å²) in [5.74, 6) is 0. The molecule has 9 heteroatoms. The molecule has 7 nitrogen and oxygen atoms in total. The molecule has 34 heavy (non-hydrogen) atoms. The Kier molecular flexibility index (Phi) is 7.29. The van der Waals surface area contributed by atoms with Crippen LogP contribution in [-0.2, 0) is 27.6 Å². The number of nitrogen functional groups attached to an aromatic ring is 1. The lowest BCUT2D eigenvalue weighted by molar-refractivity contribution is 0.138. The van der Waals surface area contributed by atoms with E-state index in [0.717, 1.165) is 11.1 Å². The molecule has 1 heterocycles. The number of para-hydroxylation sites is 1. The van der Waals surface area contributed by atoms with Gasteiger partial charge in [-0.3, -0.25) is 4.31 Å². The molecular weight excluding hydrogens is 474 g/mol. The van der Waals surface area contributed by atoms with Crippen molar-refractivity contribution in [2.24, 2.45) is 0 Å². The number of rotatable bonds is 7. The van der Waals surface area contributed by atoms with Crippen molar-refractivity contribution in [1.29, 1.82) is 0 Å². The number of nitrogens with one attached hydrogen (secondary N) is 1. The number of fused-ring (bicyclic) bond motifs is 1. The van der Waals surface area contributed by atoms with Gasteiger partial charge in [-0.25, -0.2) is 13.2 Å². The molecule has 4 rings (SSSR count). The second-order valence-electron chi connectivity index (χ2n) is 8.09. The van der Waals surface area contributed by atoms with E-state index in [1.807, 2.05) is 36.4 Å². The highest BCUT2D eigenvalue weighted by Gasteiger charge is 2.36. The number of hydrogen-bond acceptors (Lipinski definition) is 5. The summed E-state index contributed by atoms with van der Waals surface area (Å²) in [6.07, 6.45) is 1.26. The van der Waals surface area contributed by atoms with Crippen LogP contribution in [0.25, 0.3) is 0 Å². The molecule has 1 aliphatic rings. The standard InChI is InChI=1S/C25H26ClN3O4S/c26-20-8-13-23(14-9-20)34(31,32)29-22(12-7-19-3-1-2-4-24(19)29)17-33-25(30)28-16-15-18-5-10-21(27)11-6-18/h1-6,8-11,13-14,22H,7,12,15-17,27H2,(H,28,30). The van der Waals surface area contributed by atoms with E-state index in [-0.39, 0.29) is 11.5 Å². The van der Waals surface area contributed by atoms with Crippen LogP contribution >= 0.6 is 11.6 Å². The Bertz CT molecular complexity index is 1250. The minimum absolute atomic E-state index is 0.0607. The van der Waals surface area contributed by atoms with E-state index in [2.05, 4.69) is 5.32 Å². The molecule has 0 fully saturated rings. The molecule has 0 bridgehead atoms. The maximum atomic E-state index is 13.6. The summed E-state index contributed by atoms with van der Waals surface area (Å²) in [5.41, 5.74) is 8.94. The largest absolute Gasteiger partial charge is 0.447 e. The Balaban J connectivity index is 1.45. The van der Waals surface area contributed by atoms with Gasteiger partial charge in [-0.15, -0.1) is 0 Å². The number of sulfonamides is 1. The molecule has 1 atom stereocenters. The van der Waals surface area contributed by atoms with Crippen LogP contribution in [0.3, 0.4) is 0 Å². The molecule has 3 aromatic rings. The van der Waals surface area contributed by atoms with E-state index in [4.69, 9.17) is 22.1 Å². The summed E-state index contributed by atoms with van der Waals surface area (Å²) in [4.78, 5) is 12.4. The van der Waals surface area contributed by atoms with Gasteiger partial charge in [0.25, 0.3) is 10.0 Å². The minimum atomic E-state index is -3.89. The first kappa shape index (κ1) is 23.9. The number of halogens is 1. The number of nitrogens with two attached hydrogens (primary N) is 1. The average Bonchev–Trinajstić information content (AvgIpc) is 2.83. The molecule has 0 spiro atoms. The Morgan fingerprint density at radius 1 is 1.06 bits per heavy atom. The molecule has 0 saturated carbocycles. The van der Waals surface area contributed by atoms with Gasteiger partial charge < -0.3 is 15.8 Å². The lowest BCUT2D eigenvalue weighted by Gasteiger charge is -2.37. The van der Waals surface area contributed by atoms with Crippen LogP contribution in [0.2, 0.25) is 5.02 Å². The number of carbonyl (C=O) groups is 1. The van der Waals surface area contributed by atoms with Gasteiger partial charge in [-0.05, 0) is 72.9 Å². The molecule has 1 amide bonds. The lowest BCUT2D eigenvalue weighted by Crippen LogP contribution is -2.47. The number of aryl methyl sites for hydroxylation is 1.